The molecule has 0 aromatic carbocycles. The minimum atomic E-state index is -0.210. The monoisotopic (exact) mass is 204 g/mol. The fourth-order valence-electron chi connectivity index (χ4n) is 1.04. The Hall–Kier alpha value is -0.190. The van der Waals surface area contributed by atoms with Crippen LogP contribution in [0.25, 0.3) is 0 Å². The third-order valence-electron chi connectivity index (χ3n) is 1.89. The van der Waals surface area contributed by atoms with Crippen LogP contribution in [0.4, 0.5) is 0 Å². The summed E-state index contributed by atoms with van der Waals surface area (Å²) in [5, 5.41) is 9.05. The van der Waals surface area contributed by atoms with Gasteiger partial charge in [0.1, 0.15) is 0 Å². The summed E-state index contributed by atoms with van der Waals surface area (Å²) in [5.74, 6) is 0. The summed E-state index contributed by atoms with van der Waals surface area (Å²) in [5.41, 5.74) is 5.37. The lowest BCUT2D eigenvalue weighted by atomic mass is 10.2. The Morgan fingerprint density at radius 3 is 2.62 bits per heavy atom. The molecule has 1 atom stereocenters. The van der Waals surface area contributed by atoms with Crippen molar-refractivity contribution in [3.8, 4) is 0 Å². The zero-order chi connectivity index (χ0) is 10.3. The van der Waals surface area contributed by atoms with E-state index in [4.69, 9.17) is 23.1 Å². The molecular weight excluding hydrogens is 184 g/mol. The summed E-state index contributed by atoms with van der Waals surface area (Å²) in [4.78, 5) is 2.77. The topological polar surface area (TPSA) is 49.5 Å². The first-order chi connectivity index (χ1) is 6.02. The zero-order valence-corrected chi connectivity index (χ0v) is 9.31. The Labute approximate surface area is 85.9 Å². The second-order valence-corrected chi connectivity index (χ2v) is 4.04. The Bertz CT molecular complexity index is 151. The molecular formula is C9H20N2OS. The third kappa shape index (κ3) is 9.73. The zero-order valence-electron chi connectivity index (χ0n) is 8.49. The molecule has 0 spiro atoms. The van der Waals surface area contributed by atoms with Crippen LogP contribution in [0.1, 0.15) is 26.2 Å². The summed E-state index contributed by atoms with van der Waals surface area (Å²) in [6.07, 6.45) is 2.43. The highest BCUT2D eigenvalue weighted by Crippen LogP contribution is 1.96. The van der Waals surface area contributed by atoms with Gasteiger partial charge in [-0.25, -0.2) is 0 Å². The van der Waals surface area contributed by atoms with E-state index in [2.05, 4.69) is 4.90 Å². The molecule has 0 fully saturated rings. The Kier molecular flexibility index (Phi) is 7.13. The van der Waals surface area contributed by atoms with Crippen LogP contribution >= 0.6 is 12.2 Å². The normalized spacial score (nSPS) is 13.2. The van der Waals surface area contributed by atoms with Gasteiger partial charge >= 0.3 is 0 Å². The first-order valence-corrected chi connectivity index (χ1v) is 5.08. The van der Waals surface area contributed by atoms with Crippen molar-refractivity contribution >= 4 is 17.2 Å². The molecule has 3 nitrogen and oxygen atoms in total. The number of hydrogen-bond acceptors (Lipinski definition) is 3. The summed E-state index contributed by atoms with van der Waals surface area (Å²) >= 11 is 4.77. The minimum Gasteiger partial charge on any atom is -0.393 e. The highest BCUT2D eigenvalue weighted by Gasteiger charge is 2.01. The van der Waals surface area contributed by atoms with Gasteiger partial charge in [0.05, 0.1) is 11.1 Å². The molecule has 3 N–H and O–H groups in total. The van der Waals surface area contributed by atoms with E-state index < -0.39 is 0 Å². The van der Waals surface area contributed by atoms with Crippen molar-refractivity contribution in [3.63, 3.8) is 0 Å². The maximum Gasteiger partial charge on any atom is 0.0727 e. The van der Waals surface area contributed by atoms with Crippen molar-refractivity contribution in [3.05, 3.63) is 0 Å². The number of aliphatic hydroxyl groups excluding tert-OH is 1. The van der Waals surface area contributed by atoms with Crippen LogP contribution in [0.3, 0.4) is 0 Å². The minimum absolute atomic E-state index is 0.210. The van der Waals surface area contributed by atoms with E-state index in [9.17, 15) is 0 Å². The van der Waals surface area contributed by atoms with Gasteiger partial charge in [-0.3, -0.25) is 0 Å². The van der Waals surface area contributed by atoms with Crippen molar-refractivity contribution in [2.24, 2.45) is 5.73 Å². The number of aliphatic hydroxyl groups is 1. The molecule has 0 rings (SSSR count). The van der Waals surface area contributed by atoms with E-state index in [-0.39, 0.29) is 6.10 Å². The molecule has 0 aliphatic carbocycles. The van der Waals surface area contributed by atoms with Crippen LogP contribution in [-0.2, 0) is 0 Å². The molecule has 4 heteroatoms. The average molecular weight is 204 g/mol. The van der Waals surface area contributed by atoms with Gasteiger partial charge in [-0.2, -0.15) is 0 Å². The fraction of sp³-hybridized carbons (Fsp3) is 0.889. The SMILES string of the molecule is CC(O)CCN(C)CCCC(N)=S. The van der Waals surface area contributed by atoms with Crippen LogP contribution < -0.4 is 5.73 Å². The van der Waals surface area contributed by atoms with Crippen LogP contribution in [0.15, 0.2) is 0 Å². The van der Waals surface area contributed by atoms with Gasteiger partial charge in [-0.05, 0) is 39.8 Å². The largest absolute Gasteiger partial charge is 0.393 e. The van der Waals surface area contributed by atoms with Crippen LogP contribution in [-0.4, -0.2) is 41.2 Å². The van der Waals surface area contributed by atoms with E-state index in [0.29, 0.717) is 4.99 Å². The number of nitrogens with zero attached hydrogens (tertiary/aromatic N) is 1. The predicted octanol–water partition coefficient (Wildman–Crippen LogP) is 0.755. The predicted molar refractivity (Wildman–Crippen MR) is 59.8 cm³/mol. The number of nitrogens with two attached hydrogens (primary N) is 1. The first-order valence-electron chi connectivity index (χ1n) is 4.67. The summed E-state index contributed by atoms with van der Waals surface area (Å²) in [7, 11) is 2.04. The molecule has 0 aromatic heterocycles. The number of hydrogen-bond donors (Lipinski definition) is 2. The lowest BCUT2D eigenvalue weighted by molar-refractivity contribution is 0.164. The van der Waals surface area contributed by atoms with E-state index in [0.717, 1.165) is 32.4 Å². The quantitative estimate of drug-likeness (QED) is 0.601. The van der Waals surface area contributed by atoms with E-state index in [1.165, 1.54) is 0 Å². The molecule has 0 aromatic rings. The van der Waals surface area contributed by atoms with Gasteiger partial charge in [0.2, 0.25) is 0 Å². The lowest BCUT2D eigenvalue weighted by Gasteiger charge is -2.16. The maximum atomic E-state index is 9.05. The molecule has 13 heavy (non-hydrogen) atoms. The van der Waals surface area contributed by atoms with Gasteiger partial charge in [-0.15, -0.1) is 0 Å². The molecule has 1 unspecified atom stereocenters. The van der Waals surface area contributed by atoms with Crippen molar-refractivity contribution in [1.82, 2.24) is 4.90 Å². The van der Waals surface area contributed by atoms with Crippen LogP contribution in [0.2, 0.25) is 0 Å². The molecule has 0 amide bonds. The van der Waals surface area contributed by atoms with Crippen LogP contribution in [0, 0.1) is 0 Å². The molecule has 0 radical (unpaired) electrons. The molecule has 0 bridgehead atoms. The van der Waals surface area contributed by atoms with Gasteiger partial charge in [0.15, 0.2) is 0 Å². The highest BCUT2D eigenvalue weighted by atomic mass is 32.1. The van der Waals surface area contributed by atoms with E-state index in [1.54, 1.807) is 0 Å². The molecule has 0 aliphatic rings. The average Bonchev–Trinajstić information content (AvgIpc) is 2.00. The van der Waals surface area contributed by atoms with Crippen molar-refractivity contribution < 1.29 is 5.11 Å². The molecule has 0 saturated carbocycles. The van der Waals surface area contributed by atoms with Gasteiger partial charge in [0.25, 0.3) is 0 Å². The second kappa shape index (κ2) is 7.24. The maximum absolute atomic E-state index is 9.05. The highest BCUT2D eigenvalue weighted by molar-refractivity contribution is 7.80. The second-order valence-electron chi connectivity index (χ2n) is 3.51. The van der Waals surface area contributed by atoms with Crippen molar-refractivity contribution in [1.29, 1.82) is 0 Å². The smallest absolute Gasteiger partial charge is 0.0727 e. The molecule has 0 aliphatic heterocycles. The Balaban J connectivity index is 3.29. The van der Waals surface area contributed by atoms with E-state index in [1.807, 2.05) is 14.0 Å². The standard InChI is InChI=1S/C9H20N2OS/c1-8(12)5-7-11(2)6-3-4-9(10)13/h8,12H,3-7H2,1-2H3,(H2,10,13). The lowest BCUT2D eigenvalue weighted by Crippen LogP contribution is -2.24. The number of thiocarbonyl (C=S) groups is 1. The summed E-state index contributed by atoms with van der Waals surface area (Å²) in [6, 6.07) is 0. The summed E-state index contributed by atoms with van der Waals surface area (Å²) in [6.45, 7) is 3.72. The van der Waals surface area contributed by atoms with Gasteiger partial charge in [-0.1, -0.05) is 12.2 Å². The van der Waals surface area contributed by atoms with Crippen molar-refractivity contribution in [2.75, 3.05) is 20.1 Å². The Morgan fingerprint density at radius 2 is 2.15 bits per heavy atom. The molecule has 0 saturated heterocycles. The van der Waals surface area contributed by atoms with Crippen LogP contribution in [0.5, 0.6) is 0 Å². The van der Waals surface area contributed by atoms with E-state index >= 15 is 0 Å². The fourth-order valence-corrected chi connectivity index (χ4v) is 1.19. The number of rotatable bonds is 7. The van der Waals surface area contributed by atoms with Gasteiger partial charge in [0, 0.05) is 6.54 Å². The summed E-state index contributed by atoms with van der Waals surface area (Å²) < 4.78 is 0. The molecule has 0 heterocycles. The van der Waals surface area contributed by atoms with Crippen molar-refractivity contribution in [2.45, 2.75) is 32.3 Å². The Morgan fingerprint density at radius 1 is 1.54 bits per heavy atom. The first kappa shape index (κ1) is 12.8. The van der Waals surface area contributed by atoms with Gasteiger partial charge < -0.3 is 15.7 Å². The molecule has 78 valence electrons. The third-order valence-corrected chi connectivity index (χ3v) is 2.10.